The maximum atomic E-state index is 12.6. The van der Waals surface area contributed by atoms with Gasteiger partial charge in [-0.05, 0) is 32.0 Å². The number of aryl methyl sites for hydroxylation is 2. The van der Waals surface area contributed by atoms with Crippen LogP contribution in [0, 0.1) is 6.92 Å². The van der Waals surface area contributed by atoms with Crippen molar-refractivity contribution in [1.29, 1.82) is 0 Å². The van der Waals surface area contributed by atoms with Gasteiger partial charge in [0.1, 0.15) is 5.01 Å². The number of carbonyl (C=O) groups excluding carboxylic acids is 1. The number of amides is 1. The van der Waals surface area contributed by atoms with Crippen LogP contribution in [0.4, 0.5) is 0 Å². The number of thiazole rings is 1. The lowest BCUT2D eigenvalue weighted by Crippen LogP contribution is -2.36. The highest BCUT2D eigenvalue weighted by atomic mass is 32.1. The van der Waals surface area contributed by atoms with Crippen molar-refractivity contribution >= 4 is 28.3 Å². The Labute approximate surface area is 182 Å². The number of H-pyrrole nitrogens is 1. The average molecular weight is 435 g/mol. The van der Waals surface area contributed by atoms with Crippen LogP contribution in [-0.2, 0) is 13.0 Å². The van der Waals surface area contributed by atoms with Crippen LogP contribution in [0.5, 0.6) is 0 Å². The molecule has 0 saturated heterocycles. The van der Waals surface area contributed by atoms with E-state index in [2.05, 4.69) is 46.5 Å². The molecule has 2 N–H and O–H groups in total. The van der Waals surface area contributed by atoms with Gasteiger partial charge in [0, 0.05) is 36.0 Å². The highest BCUT2D eigenvalue weighted by Crippen LogP contribution is 2.24. The number of fused-ring (bicyclic) bond motifs is 1. The van der Waals surface area contributed by atoms with E-state index in [0.717, 1.165) is 16.3 Å². The Bertz CT molecular complexity index is 1370. The molecule has 0 saturated carbocycles. The molecule has 0 spiro atoms. The number of aromatic amines is 1. The summed E-state index contributed by atoms with van der Waals surface area (Å²) in [5, 5.41) is 5.85. The molecule has 0 radical (unpaired) electrons. The number of benzene rings is 2. The van der Waals surface area contributed by atoms with Crippen LogP contribution < -0.4 is 16.4 Å². The van der Waals surface area contributed by atoms with E-state index in [0.29, 0.717) is 36.1 Å². The summed E-state index contributed by atoms with van der Waals surface area (Å²) in [5.41, 5.74) is 3.40. The smallest absolute Gasteiger partial charge is 0.316 e. The van der Waals surface area contributed by atoms with Crippen molar-refractivity contribution in [1.82, 2.24) is 19.9 Å². The highest BCUT2D eigenvalue weighted by Gasteiger charge is 2.11. The average Bonchev–Trinajstić information content (AvgIpc) is 3.23. The zero-order valence-electron chi connectivity index (χ0n) is 17.3. The first-order valence-corrected chi connectivity index (χ1v) is 10.9. The Morgan fingerprint density at radius 1 is 1.16 bits per heavy atom. The second-order valence-electron chi connectivity index (χ2n) is 7.25. The van der Waals surface area contributed by atoms with Gasteiger partial charge >= 0.3 is 11.1 Å². The summed E-state index contributed by atoms with van der Waals surface area (Å²) in [7, 11) is 0. The van der Waals surface area contributed by atoms with Crippen LogP contribution >= 0.6 is 11.3 Å². The third-order valence-electron chi connectivity index (χ3n) is 5.07. The van der Waals surface area contributed by atoms with Crippen molar-refractivity contribution in [3.63, 3.8) is 0 Å². The van der Waals surface area contributed by atoms with E-state index in [1.54, 1.807) is 36.5 Å². The molecule has 4 rings (SSSR count). The number of nitrogens with zero attached hydrogens (tertiary/aromatic N) is 2. The Balaban J connectivity index is 1.43. The fraction of sp³-hybridized carbons (Fsp3) is 0.217. The molecule has 2 aromatic carbocycles. The molecule has 0 aliphatic heterocycles. The first kappa shape index (κ1) is 20.7. The van der Waals surface area contributed by atoms with E-state index < -0.39 is 11.1 Å². The fourth-order valence-corrected chi connectivity index (χ4v) is 4.25. The monoisotopic (exact) mass is 434 g/mol. The van der Waals surface area contributed by atoms with Crippen molar-refractivity contribution in [2.45, 2.75) is 26.8 Å². The predicted octanol–water partition coefficient (Wildman–Crippen LogP) is 3.11. The van der Waals surface area contributed by atoms with Gasteiger partial charge in [-0.1, -0.05) is 29.8 Å². The molecule has 7 nitrogen and oxygen atoms in total. The van der Waals surface area contributed by atoms with Crippen LogP contribution in [0.2, 0.25) is 0 Å². The van der Waals surface area contributed by atoms with Gasteiger partial charge in [-0.25, -0.2) is 4.98 Å². The minimum atomic E-state index is -0.695. The Morgan fingerprint density at radius 2 is 1.94 bits per heavy atom. The highest BCUT2D eigenvalue weighted by molar-refractivity contribution is 7.13. The van der Waals surface area contributed by atoms with Gasteiger partial charge in [-0.3, -0.25) is 14.4 Å². The standard InChI is InChI=1S/C23H22N4O3S/c1-3-27-19-9-8-16(12-18(19)26-21(29)23(27)30)20(28)24-11-10-17-13-31-22(25-17)15-6-4-14(2)5-7-15/h4-9,12-13H,3,10-11H2,1-2H3,(H,24,28)(H,26,29). The van der Waals surface area contributed by atoms with Crippen molar-refractivity contribution in [3.8, 4) is 10.6 Å². The minimum Gasteiger partial charge on any atom is -0.352 e. The molecule has 0 aliphatic rings. The number of hydrogen-bond donors (Lipinski definition) is 2. The lowest BCUT2D eigenvalue weighted by atomic mass is 10.1. The Morgan fingerprint density at radius 3 is 2.68 bits per heavy atom. The van der Waals surface area contributed by atoms with Gasteiger partial charge in [-0.15, -0.1) is 11.3 Å². The molecule has 0 aliphatic carbocycles. The van der Waals surface area contributed by atoms with Gasteiger partial charge in [0.05, 0.1) is 16.7 Å². The largest absolute Gasteiger partial charge is 0.352 e. The van der Waals surface area contributed by atoms with Crippen LogP contribution in [0.15, 0.2) is 57.4 Å². The normalized spacial score (nSPS) is 11.0. The SMILES string of the molecule is CCn1c(=O)c(=O)[nH]c2cc(C(=O)NCCc3csc(-c4ccc(C)cc4)n3)ccc21. The van der Waals surface area contributed by atoms with Crippen molar-refractivity contribution in [2.24, 2.45) is 0 Å². The lowest BCUT2D eigenvalue weighted by Gasteiger charge is -2.09. The van der Waals surface area contributed by atoms with E-state index >= 15 is 0 Å². The minimum absolute atomic E-state index is 0.244. The Kier molecular flexibility index (Phi) is 5.81. The lowest BCUT2D eigenvalue weighted by molar-refractivity contribution is 0.0954. The molecule has 31 heavy (non-hydrogen) atoms. The summed E-state index contributed by atoms with van der Waals surface area (Å²) in [5.74, 6) is -0.244. The first-order valence-electron chi connectivity index (χ1n) is 10.0. The third kappa shape index (κ3) is 4.34. The van der Waals surface area contributed by atoms with E-state index in [1.807, 2.05) is 5.38 Å². The molecule has 1 amide bonds. The van der Waals surface area contributed by atoms with Gasteiger partial charge in [0.2, 0.25) is 0 Å². The van der Waals surface area contributed by atoms with E-state index in [-0.39, 0.29) is 5.91 Å². The van der Waals surface area contributed by atoms with Crippen LogP contribution in [0.1, 0.15) is 28.5 Å². The molecular formula is C23H22N4O3S. The summed E-state index contributed by atoms with van der Waals surface area (Å²) in [6.45, 7) is 4.67. The fourth-order valence-electron chi connectivity index (χ4n) is 3.39. The molecular weight excluding hydrogens is 412 g/mol. The molecule has 8 heteroatoms. The maximum absolute atomic E-state index is 12.6. The molecule has 2 heterocycles. The summed E-state index contributed by atoms with van der Waals surface area (Å²) in [6.07, 6.45) is 0.619. The third-order valence-corrected chi connectivity index (χ3v) is 6.01. The van der Waals surface area contributed by atoms with E-state index in [4.69, 9.17) is 0 Å². The first-order chi connectivity index (χ1) is 15.0. The molecule has 0 atom stereocenters. The molecule has 0 bridgehead atoms. The zero-order valence-corrected chi connectivity index (χ0v) is 18.1. The topological polar surface area (TPSA) is 96.9 Å². The summed E-state index contributed by atoms with van der Waals surface area (Å²) in [4.78, 5) is 43.6. The van der Waals surface area contributed by atoms with Crippen LogP contribution in [-0.4, -0.2) is 27.0 Å². The van der Waals surface area contributed by atoms with Gasteiger partial charge in [0.25, 0.3) is 5.91 Å². The summed E-state index contributed by atoms with van der Waals surface area (Å²) < 4.78 is 1.39. The molecule has 0 unspecified atom stereocenters. The number of aromatic nitrogens is 3. The van der Waals surface area contributed by atoms with E-state index in [9.17, 15) is 14.4 Å². The van der Waals surface area contributed by atoms with Gasteiger partial charge in [0.15, 0.2) is 0 Å². The van der Waals surface area contributed by atoms with Crippen LogP contribution in [0.3, 0.4) is 0 Å². The van der Waals surface area contributed by atoms with Crippen molar-refractivity contribution < 1.29 is 4.79 Å². The van der Waals surface area contributed by atoms with Crippen molar-refractivity contribution in [2.75, 3.05) is 6.54 Å². The second-order valence-corrected chi connectivity index (χ2v) is 8.11. The summed E-state index contributed by atoms with van der Waals surface area (Å²) in [6, 6.07) is 13.2. The predicted molar refractivity (Wildman–Crippen MR) is 123 cm³/mol. The molecule has 0 fully saturated rings. The van der Waals surface area contributed by atoms with E-state index in [1.165, 1.54) is 10.1 Å². The maximum Gasteiger partial charge on any atom is 0.316 e. The number of nitrogens with one attached hydrogen (secondary N) is 2. The number of carbonyl (C=O) groups is 1. The van der Waals surface area contributed by atoms with Gasteiger partial charge in [-0.2, -0.15) is 0 Å². The number of rotatable bonds is 6. The molecule has 158 valence electrons. The molecule has 4 aromatic rings. The molecule has 2 aromatic heterocycles. The zero-order chi connectivity index (χ0) is 22.0. The van der Waals surface area contributed by atoms with Crippen molar-refractivity contribution in [3.05, 3.63) is 85.4 Å². The Hall–Kier alpha value is -3.52. The van der Waals surface area contributed by atoms with Crippen LogP contribution in [0.25, 0.3) is 21.6 Å². The number of hydrogen-bond acceptors (Lipinski definition) is 5. The quantitative estimate of drug-likeness (QED) is 0.456. The second kappa shape index (κ2) is 8.69. The summed E-state index contributed by atoms with van der Waals surface area (Å²) >= 11 is 1.59. The van der Waals surface area contributed by atoms with Gasteiger partial charge < -0.3 is 14.9 Å².